The highest BCUT2D eigenvalue weighted by Gasteiger charge is 2.23. The molecule has 1 unspecified atom stereocenters. The van der Waals surface area contributed by atoms with Crippen LogP contribution in [0.1, 0.15) is 6.42 Å². The van der Waals surface area contributed by atoms with Gasteiger partial charge in [0, 0.05) is 12.2 Å². The second kappa shape index (κ2) is 3.47. The highest BCUT2D eigenvalue weighted by molar-refractivity contribution is 5.86. The molecule has 1 aromatic rings. The third-order valence-electron chi connectivity index (χ3n) is 2.16. The van der Waals surface area contributed by atoms with E-state index in [2.05, 4.69) is 10.6 Å². The van der Waals surface area contributed by atoms with Gasteiger partial charge in [-0.1, -0.05) is 18.2 Å². The molecule has 0 radical (unpaired) electrons. The molecule has 0 aliphatic carbocycles. The Morgan fingerprint density at radius 2 is 2.08 bits per heavy atom. The van der Waals surface area contributed by atoms with Crippen LogP contribution in [0.4, 0.5) is 5.69 Å². The van der Waals surface area contributed by atoms with Gasteiger partial charge in [-0.15, -0.1) is 0 Å². The van der Waals surface area contributed by atoms with Crippen LogP contribution >= 0.6 is 0 Å². The van der Waals surface area contributed by atoms with E-state index < -0.39 is 0 Å². The molecule has 0 bridgehead atoms. The molecule has 1 aromatic carbocycles. The Morgan fingerprint density at radius 3 is 2.69 bits per heavy atom. The van der Waals surface area contributed by atoms with Crippen molar-refractivity contribution in [1.82, 2.24) is 5.32 Å². The van der Waals surface area contributed by atoms with E-state index in [4.69, 9.17) is 0 Å². The number of para-hydroxylation sites is 1. The van der Waals surface area contributed by atoms with E-state index in [1.54, 1.807) is 0 Å². The smallest absolute Gasteiger partial charge is 0.242 e. The van der Waals surface area contributed by atoms with E-state index in [0.717, 1.165) is 18.7 Å². The lowest BCUT2D eigenvalue weighted by Crippen LogP contribution is -2.29. The van der Waals surface area contributed by atoms with Crippen LogP contribution in [0.2, 0.25) is 0 Å². The average Bonchev–Trinajstić information content (AvgIpc) is 2.54. The first-order valence-corrected chi connectivity index (χ1v) is 4.45. The molecule has 0 aromatic heterocycles. The Bertz CT molecular complexity index is 297. The van der Waals surface area contributed by atoms with Gasteiger partial charge in [-0.2, -0.15) is 0 Å². The Labute approximate surface area is 77.1 Å². The fourth-order valence-corrected chi connectivity index (χ4v) is 1.47. The molecule has 3 heteroatoms. The summed E-state index contributed by atoms with van der Waals surface area (Å²) >= 11 is 0. The third-order valence-corrected chi connectivity index (χ3v) is 2.16. The lowest BCUT2D eigenvalue weighted by molar-refractivity contribution is -0.119. The van der Waals surface area contributed by atoms with Gasteiger partial charge < -0.3 is 10.6 Å². The van der Waals surface area contributed by atoms with Gasteiger partial charge in [-0.05, 0) is 18.6 Å². The first-order valence-electron chi connectivity index (χ1n) is 4.45. The maximum absolute atomic E-state index is 11.2. The van der Waals surface area contributed by atoms with Crippen molar-refractivity contribution in [3.05, 3.63) is 30.3 Å². The van der Waals surface area contributed by atoms with Gasteiger partial charge in [0.05, 0.1) is 0 Å². The van der Waals surface area contributed by atoms with Crippen molar-refractivity contribution in [2.75, 3.05) is 11.9 Å². The van der Waals surface area contributed by atoms with Crippen LogP contribution < -0.4 is 10.6 Å². The summed E-state index contributed by atoms with van der Waals surface area (Å²) in [5.41, 5.74) is 1.00. The number of nitrogens with one attached hydrogen (secondary N) is 2. The molecule has 0 saturated carbocycles. The summed E-state index contributed by atoms with van der Waals surface area (Å²) in [5, 5.41) is 5.97. The fourth-order valence-electron chi connectivity index (χ4n) is 1.47. The minimum Gasteiger partial charge on any atom is -0.374 e. The number of carbonyl (C=O) groups is 1. The molecule has 1 amide bonds. The first-order chi connectivity index (χ1) is 6.36. The normalized spacial score (nSPS) is 21.2. The molecule has 68 valence electrons. The van der Waals surface area contributed by atoms with Crippen molar-refractivity contribution in [3.63, 3.8) is 0 Å². The van der Waals surface area contributed by atoms with Gasteiger partial charge in [0.2, 0.25) is 5.91 Å². The molecule has 1 fully saturated rings. The summed E-state index contributed by atoms with van der Waals surface area (Å²) in [6, 6.07) is 9.74. The second-order valence-electron chi connectivity index (χ2n) is 3.14. The summed E-state index contributed by atoms with van der Waals surface area (Å²) < 4.78 is 0. The minimum atomic E-state index is -0.0533. The number of hydrogen-bond donors (Lipinski definition) is 2. The van der Waals surface area contributed by atoms with Crippen molar-refractivity contribution >= 4 is 11.6 Å². The molecule has 1 heterocycles. The molecular weight excluding hydrogens is 164 g/mol. The van der Waals surface area contributed by atoms with Crippen LogP contribution in [0.3, 0.4) is 0 Å². The van der Waals surface area contributed by atoms with E-state index in [1.165, 1.54) is 0 Å². The zero-order valence-corrected chi connectivity index (χ0v) is 7.29. The van der Waals surface area contributed by atoms with Crippen molar-refractivity contribution in [3.8, 4) is 0 Å². The molecule has 13 heavy (non-hydrogen) atoms. The van der Waals surface area contributed by atoms with Crippen molar-refractivity contribution < 1.29 is 4.79 Å². The number of hydrogen-bond acceptors (Lipinski definition) is 2. The standard InChI is InChI=1S/C10H12N2O/c13-10-9(6-7-11-10)12-8-4-2-1-3-5-8/h1-5,9,12H,6-7H2,(H,11,13). The second-order valence-corrected chi connectivity index (χ2v) is 3.14. The Morgan fingerprint density at radius 1 is 1.31 bits per heavy atom. The monoisotopic (exact) mass is 176 g/mol. The van der Waals surface area contributed by atoms with Gasteiger partial charge in [0.15, 0.2) is 0 Å². The lowest BCUT2D eigenvalue weighted by atomic mass is 10.2. The van der Waals surface area contributed by atoms with Crippen molar-refractivity contribution in [2.45, 2.75) is 12.5 Å². The van der Waals surface area contributed by atoms with Crippen LogP contribution in [0.15, 0.2) is 30.3 Å². The zero-order valence-electron chi connectivity index (χ0n) is 7.29. The highest BCUT2D eigenvalue weighted by atomic mass is 16.2. The predicted octanol–water partition coefficient (Wildman–Crippen LogP) is 0.987. The van der Waals surface area contributed by atoms with Gasteiger partial charge in [0.1, 0.15) is 6.04 Å². The minimum absolute atomic E-state index is 0.0533. The van der Waals surface area contributed by atoms with Crippen LogP contribution in [-0.2, 0) is 4.79 Å². The Hall–Kier alpha value is -1.51. The molecule has 2 rings (SSSR count). The summed E-state index contributed by atoms with van der Waals surface area (Å²) in [6.07, 6.45) is 0.869. The number of carbonyl (C=O) groups excluding carboxylic acids is 1. The van der Waals surface area contributed by atoms with E-state index in [9.17, 15) is 4.79 Å². The Kier molecular flexibility index (Phi) is 2.17. The number of amides is 1. The quantitative estimate of drug-likeness (QED) is 0.705. The average molecular weight is 176 g/mol. The SMILES string of the molecule is O=C1NCCC1Nc1ccccc1. The van der Waals surface area contributed by atoms with Crippen LogP contribution in [-0.4, -0.2) is 18.5 Å². The summed E-state index contributed by atoms with van der Waals surface area (Å²) in [6.45, 7) is 0.781. The van der Waals surface area contributed by atoms with E-state index in [-0.39, 0.29) is 11.9 Å². The molecule has 2 N–H and O–H groups in total. The van der Waals surface area contributed by atoms with Crippen LogP contribution in [0.25, 0.3) is 0 Å². The highest BCUT2D eigenvalue weighted by Crippen LogP contribution is 2.10. The predicted molar refractivity (Wildman–Crippen MR) is 51.5 cm³/mol. The van der Waals surface area contributed by atoms with Crippen LogP contribution in [0.5, 0.6) is 0 Å². The maximum atomic E-state index is 11.2. The van der Waals surface area contributed by atoms with Crippen LogP contribution in [0, 0.1) is 0 Å². The van der Waals surface area contributed by atoms with Gasteiger partial charge in [0.25, 0.3) is 0 Å². The molecule has 1 aliphatic rings. The number of rotatable bonds is 2. The Balaban J connectivity index is 2.02. The number of benzene rings is 1. The first kappa shape index (κ1) is 8.10. The van der Waals surface area contributed by atoms with Gasteiger partial charge in [-0.3, -0.25) is 4.79 Å². The van der Waals surface area contributed by atoms with E-state index in [1.807, 2.05) is 30.3 Å². The zero-order chi connectivity index (χ0) is 9.10. The van der Waals surface area contributed by atoms with E-state index >= 15 is 0 Å². The summed E-state index contributed by atoms with van der Waals surface area (Å²) in [7, 11) is 0. The molecule has 1 atom stereocenters. The molecule has 1 saturated heterocycles. The largest absolute Gasteiger partial charge is 0.374 e. The maximum Gasteiger partial charge on any atom is 0.242 e. The molecule has 1 aliphatic heterocycles. The lowest BCUT2D eigenvalue weighted by Gasteiger charge is -2.10. The van der Waals surface area contributed by atoms with Crippen molar-refractivity contribution in [2.24, 2.45) is 0 Å². The number of anilines is 1. The third kappa shape index (κ3) is 1.80. The van der Waals surface area contributed by atoms with E-state index in [0.29, 0.717) is 0 Å². The summed E-state index contributed by atoms with van der Waals surface area (Å²) in [5.74, 6) is 0.101. The molecular formula is C10H12N2O. The van der Waals surface area contributed by atoms with Gasteiger partial charge in [-0.25, -0.2) is 0 Å². The van der Waals surface area contributed by atoms with Gasteiger partial charge >= 0.3 is 0 Å². The molecule has 3 nitrogen and oxygen atoms in total. The fraction of sp³-hybridized carbons (Fsp3) is 0.300. The molecule has 0 spiro atoms. The topological polar surface area (TPSA) is 41.1 Å². The summed E-state index contributed by atoms with van der Waals surface area (Å²) in [4.78, 5) is 11.2. The van der Waals surface area contributed by atoms with Crippen molar-refractivity contribution in [1.29, 1.82) is 0 Å².